The van der Waals surface area contributed by atoms with Crippen LogP contribution in [-0.2, 0) is 4.74 Å². The van der Waals surface area contributed by atoms with Crippen molar-refractivity contribution in [1.29, 1.82) is 0 Å². The fraction of sp³-hybridized carbons (Fsp3) is 0.588. The lowest BCUT2D eigenvalue weighted by molar-refractivity contribution is 0.157. The van der Waals surface area contributed by atoms with E-state index in [1.54, 1.807) is 26.3 Å². The number of benzene rings is 1. The summed E-state index contributed by atoms with van der Waals surface area (Å²) in [6, 6.07) is 6.09. The molecule has 5 nitrogen and oxygen atoms in total. The molecule has 1 aliphatic rings. The summed E-state index contributed by atoms with van der Waals surface area (Å²) in [5.41, 5.74) is 0. The number of aliphatic imine (C=N–C) groups is 1. The summed E-state index contributed by atoms with van der Waals surface area (Å²) in [6.07, 6.45) is 1.99. The van der Waals surface area contributed by atoms with Crippen LogP contribution >= 0.6 is 0 Å². The maximum atomic E-state index is 12.8. The number of likely N-dealkylation sites (tertiary alicyclic amines) is 1. The van der Waals surface area contributed by atoms with E-state index in [-0.39, 0.29) is 5.82 Å². The Morgan fingerprint density at radius 2 is 2.17 bits per heavy atom. The van der Waals surface area contributed by atoms with Crippen molar-refractivity contribution in [3.63, 3.8) is 0 Å². The standard InChI is InChI=1S/C17H26FN3O2/c1-19-17(21-10-8-14(12-21)13-22-2)20-9-3-11-23-16-6-4-15(18)5-7-16/h4-7,14H,3,8-13H2,1-2H3,(H,19,20). The minimum Gasteiger partial charge on any atom is -0.494 e. The Morgan fingerprint density at radius 3 is 2.87 bits per heavy atom. The van der Waals surface area contributed by atoms with E-state index in [1.807, 2.05) is 0 Å². The third-order valence-corrected chi connectivity index (χ3v) is 3.89. The van der Waals surface area contributed by atoms with Crippen molar-refractivity contribution in [1.82, 2.24) is 10.2 Å². The zero-order chi connectivity index (χ0) is 16.5. The third kappa shape index (κ3) is 5.71. The summed E-state index contributed by atoms with van der Waals surface area (Å²) < 4.78 is 23.6. The van der Waals surface area contributed by atoms with E-state index in [0.29, 0.717) is 18.3 Å². The molecule has 1 N–H and O–H groups in total. The lowest BCUT2D eigenvalue weighted by atomic mass is 10.1. The molecule has 0 bridgehead atoms. The molecule has 23 heavy (non-hydrogen) atoms. The Morgan fingerprint density at radius 1 is 1.39 bits per heavy atom. The largest absolute Gasteiger partial charge is 0.494 e. The fourth-order valence-electron chi connectivity index (χ4n) is 2.72. The van der Waals surface area contributed by atoms with Gasteiger partial charge in [-0.2, -0.15) is 0 Å². The summed E-state index contributed by atoms with van der Waals surface area (Å²) in [5.74, 6) is 1.96. The highest BCUT2D eigenvalue weighted by atomic mass is 19.1. The predicted molar refractivity (Wildman–Crippen MR) is 89.4 cm³/mol. The zero-order valence-electron chi connectivity index (χ0n) is 13.9. The van der Waals surface area contributed by atoms with Crippen LogP contribution in [0.1, 0.15) is 12.8 Å². The highest BCUT2D eigenvalue weighted by molar-refractivity contribution is 5.80. The molecule has 1 aliphatic heterocycles. The molecule has 1 fully saturated rings. The van der Waals surface area contributed by atoms with Crippen LogP contribution < -0.4 is 10.1 Å². The average Bonchev–Trinajstić information content (AvgIpc) is 3.01. The highest BCUT2D eigenvalue weighted by Crippen LogP contribution is 2.16. The first-order valence-corrected chi connectivity index (χ1v) is 8.06. The van der Waals surface area contributed by atoms with Crippen LogP contribution in [0.4, 0.5) is 4.39 Å². The van der Waals surface area contributed by atoms with E-state index in [4.69, 9.17) is 9.47 Å². The molecule has 1 saturated heterocycles. The Labute approximate surface area is 137 Å². The normalized spacial score (nSPS) is 18.3. The van der Waals surface area contributed by atoms with Crippen LogP contribution in [0.5, 0.6) is 5.75 Å². The Hall–Kier alpha value is -1.82. The van der Waals surface area contributed by atoms with Gasteiger partial charge in [0, 0.05) is 39.7 Å². The van der Waals surface area contributed by atoms with E-state index in [0.717, 1.165) is 45.0 Å². The van der Waals surface area contributed by atoms with Gasteiger partial charge in [0.25, 0.3) is 0 Å². The molecule has 128 valence electrons. The van der Waals surface area contributed by atoms with Crippen LogP contribution in [0.3, 0.4) is 0 Å². The van der Waals surface area contributed by atoms with Gasteiger partial charge in [-0.3, -0.25) is 4.99 Å². The van der Waals surface area contributed by atoms with Crippen LogP contribution in [0.2, 0.25) is 0 Å². The Kier molecular flexibility index (Phi) is 7.13. The van der Waals surface area contributed by atoms with E-state index >= 15 is 0 Å². The van der Waals surface area contributed by atoms with Gasteiger partial charge in [0.05, 0.1) is 13.2 Å². The van der Waals surface area contributed by atoms with Gasteiger partial charge in [-0.05, 0) is 37.1 Å². The molecule has 2 rings (SSSR count). The van der Waals surface area contributed by atoms with E-state index in [2.05, 4.69) is 15.2 Å². The molecule has 1 heterocycles. The number of guanidine groups is 1. The van der Waals surface area contributed by atoms with Crippen LogP contribution in [-0.4, -0.2) is 57.9 Å². The molecule has 1 aromatic rings. The summed E-state index contributed by atoms with van der Waals surface area (Å²) in [7, 11) is 3.55. The molecule has 1 atom stereocenters. The minimum absolute atomic E-state index is 0.250. The van der Waals surface area contributed by atoms with Crippen molar-refractivity contribution < 1.29 is 13.9 Å². The molecule has 0 aliphatic carbocycles. The second-order valence-corrected chi connectivity index (χ2v) is 5.69. The van der Waals surface area contributed by atoms with Crippen molar-refractivity contribution in [2.24, 2.45) is 10.9 Å². The number of ether oxygens (including phenoxy) is 2. The topological polar surface area (TPSA) is 46.1 Å². The van der Waals surface area contributed by atoms with Gasteiger partial charge >= 0.3 is 0 Å². The molecule has 1 aromatic carbocycles. The van der Waals surface area contributed by atoms with Crippen LogP contribution in [0, 0.1) is 11.7 Å². The maximum Gasteiger partial charge on any atom is 0.193 e. The zero-order valence-corrected chi connectivity index (χ0v) is 13.9. The molecular weight excluding hydrogens is 297 g/mol. The number of nitrogens with zero attached hydrogens (tertiary/aromatic N) is 2. The van der Waals surface area contributed by atoms with E-state index < -0.39 is 0 Å². The Bertz CT molecular complexity index is 493. The van der Waals surface area contributed by atoms with Gasteiger partial charge in [0.1, 0.15) is 11.6 Å². The molecule has 0 spiro atoms. The monoisotopic (exact) mass is 323 g/mol. The summed E-state index contributed by atoms with van der Waals surface area (Å²) in [5, 5.41) is 3.36. The Balaban J connectivity index is 1.63. The fourth-order valence-corrected chi connectivity index (χ4v) is 2.72. The average molecular weight is 323 g/mol. The van der Waals surface area contributed by atoms with Crippen molar-refractivity contribution in [3.05, 3.63) is 30.1 Å². The molecule has 0 amide bonds. The number of nitrogens with one attached hydrogen (secondary N) is 1. The van der Waals surface area contributed by atoms with Gasteiger partial charge in [-0.1, -0.05) is 0 Å². The first kappa shape index (κ1) is 17.5. The van der Waals surface area contributed by atoms with Crippen molar-refractivity contribution in [2.75, 3.05) is 47.0 Å². The number of hydrogen-bond donors (Lipinski definition) is 1. The molecule has 6 heteroatoms. The summed E-state index contributed by atoms with van der Waals surface area (Å²) in [4.78, 5) is 6.61. The second-order valence-electron chi connectivity index (χ2n) is 5.69. The van der Waals surface area contributed by atoms with Gasteiger partial charge in [-0.15, -0.1) is 0 Å². The number of methoxy groups -OCH3 is 1. The van der Waals surface area contributed by atoms with Crippen LogP contribution in [0.15, 0.2) is 29.3 Å². The minimum atomic E-state index is -0.250. The van der Waals surface area contributed by atoms with Gasteiger partial charge in [-0.25, -0.2) is 4.39 Å². The molecule has 0 radical (unpaired) electrons. The quantitative estimate of drug-likeness (QED) is 0.474. The molecule has 0 saturated carbocycles. The van der Waals surface area contributed by atoms with Crippen molar-refractivity contribution >= 4 is 5.96 Å². The van der Waals surface area contributed by atoms with Crippen molar-refractivity contribution in [2.45, 2.75) is 12.8 Å². The summed E-state index contributed by atoms with van der Waals surface area (Å²) >= 11 is 0. The van der Waals surface area contributed by atoms with E-state index in [9.17, 15) is 4.39 Å². The smallest absolute Gasteiger partial charge is 0.193 e. The molecule has 0 aromatic heterocycles. The van der Waals surface area contributed by atoms with Gasteiger partial charge in [0.15, 0.2) is 5.96 Å². The first-order valence-electron chi connectivity index (χ1n) is 8.06. The lowest BCUT2D eigenvalue weighted by Crippen LogP contribution is -2.40. The third-order valence-electron chi connectivity index (χ3n) is 3.89. The van der Waals surface area contributed by atoms with Gasteiger partial charge in [0.2, 0.25) is 0 Å². The van der Waals surface area contributed by atoms with Crippen LogP contribution in [0.25, 0.3) is 0 Å². The lowest BCUT2D eigenvalue weighted by Gasteiger charge is -2.21. The number of halogens is 1. The van der Waals surface area contributed by atoms with Crippen molar-refractivity contribution in [3.8, 4) is 5.75 Å². The highest BCUT2D eigenvalue weighted by Gasteiger charge is 2.24. The molecular formula is C17H26FN3O2. The number of hydrogen-bond acceptors (Lipinski definition) is 3. The second kappa shape index (κ2) is 9.35. The maximum absolute atomic E-state index is 12.8. The summed E-state index contributed by atoms with van der Waals surface area (Å²) in [6.45, 7) is 4.18. The predicted octanol–water partition coefficient (Wildman–Crippen LogP) is 2.14. The van der Waals surface area contributed by atoms with E-state index in [1.165, 1.54) is 12.1 Å². The van der Waals surface area contributed by atoms with Gasteiger partial charge < -0.3 is 19.7 Å². The SMILES string of the molecule is CN=C(NCCCOc1ccc(F)cc1)N1CCC(COC)C1. The number of rotatable bonds is 7. The molecule has 1 unspecified atom stereocenters. The first-order chi connectivity index (χ1) is 11.2.